The third-order valence-corrected chi connectivity index (χ3v) is 4.49. The Bertz CT molecular complexity index is 662. The van der Waals surface area contributed by atoms with Crippen molar-refractivity contribution in [3.05, 3.63) is 53.6 Å². The van der Waals surface area contributed by atoms with Crippen LogP contribution in [0.5, 0.6) is 0 Å². The molecule has 0 bridgehead atoms. The molecule has 0 spiro atoms. The van der Waals surface area contributed by atoms with Gasteiger partial charge in [-0.05, 0) is 29.9 Å². The molecule has 5 nitrogen and oxygen atoms in total. The standard InChI is InChI=1S/C20H29N3O2/c1-16(2)18-9-7-17(8-10-18)5-4-6-20(25)23(11-12-24)14-19-13-21-15-22(19)3/h7-10,13,15-16,24H,4-6,11-12,14H2,1-3H3. The van der Waals surface area contributed by atoms with Gasteiger partial charge in [0.1, 0.15) is 0 Å². The second-order valence-electron chi connectivity index (χ2n) is 6.78. The molecule has 136 valence electrons. The van der Waals surface area contributed by atoms with Gasteiger partial charge in [0.15, 0.2) is 0 Å². The SMILES string of the molecule is CC(C)c1ccc(CCCC(=O)N(CCO)Cc2cncn2C)cc1. The number of aliphatic hydroxyl groups excluding tert-OH is 1. The van der Waals surface area contributed by atoms with Crippen molar-refractivity contribution in [2.24, 2.45) is 7.05 Å². The van der Waals surface area contributed by atoms with Crippen LogP contribution in [0.1, 0.15) is 49.4 Å². The van der Waals surface area contributed by atoms with Crippen molar-refractivity contribution in [3.8, 4) is 0 Å². The zero-order chi connectivity index (χ0) is 18.2. The molecule has 5 heteroatoms. The summed E-state index contributed by atoms with van der Waals surface area (Å²) in [6, 6.07) is 8.65. The molecule has 0 radical (unpaired) electrons. The normalized spacial score (nSPS) is 11.1. The fourth-order valence-electron chi connectivity index (χ4n) is 2.82. The molecule has 0 fully saturated rings. The van der Waals surface area contributed by atoms with E-state index in [1.165, 1.54) is 11.1 Å². The summed E-state index contributed by atoms with van der Waals surface area (Å²) in [5, 5.41) is 9.24. The molecule has 0 unspecified atom stereocenters. The van der Waals surface area contributed by atoms with Gasteiger partial charge in [0.05, 0.1) is 25.2 Å². The molecule has 0 aliphatic heterocycles. The number of aromatic nitrogens is 2. The Labute approximate surface area is 150 Å². The molecule has 1 aromatic carbocycles. The lowest BCUT2D eigenvalue weighted by Crippen LogP contribution is -2.33. The molecule has 0 saturated heterocycles. The highest BCUT2D eigenvalue weighted by Crippen LogP contribution is 2.16. The molecule has 0 aliphatic rings. The average Bonchev–Trinajstić information content (AvgIpc) is 2.99. The average molecular weight is 343 g/mol. The van der Waals surface area contributed by atoms with Crippen LogP contribution in [0.15, 0.2) is 36.8 Å². The van der Waals surface area contributed by atoms with Crippen molar-refractivity contribution in [2.75, 3.05) is 13.2 Å². The van der Waals surface area contributed by atoms with E-state index in [1.807, 2.05) is 11.6 Å². The number of carbonyl (C=O) groups is 1. The van der Waals surface area contributed by atoms with Gasteiger partial charge < -0.3 is 14.6 Å². The highest BCUT2D eigenvalue weighted by molar-refractivity contribution is 5.76. The summed E-state index contributed by atoms with van der Waals surface area (Å²) < 4.78 is 1.90. The van der Waals surface area contributed by atoms with E-state index < -0.39 is 0 Å². The number of imidazole rings is 1. The second kappa shape index (κ2) is 9.37. The van der Waals surface area contributed by atoms with Gasteiger partial charge in [0, 0.05) is 26.2 Å². The first kappa shape index (κ1) is 19.2. The van der Waals surface area contributed by atoms with E-state index >= 15 is 0 Å². The van der Waals surface area contributed by atoms with E-state index in [0.717, 1.165) is 18.5 Å². The van der Waals surface area contributed by atoms with Gasteiger partial charge in [-0.1, -0.05) is 38.1 Å². The Morgan fingerprint density at radius 2 is 2.00 bits per heavy atom. The molecule has 0 atom stereocenters. The number of hydrogen-bond donors (Lipinski definition) is 1. The first-order valence-corrected chi connectivity index (χ1v) is 8.94. The highest BCUT2D eigenvalue weighted by Gasteiger charge is 2.14. The maximum atomic E-state index is 12.5. The summed E-state index contributed by atoms with van der Waals surface area (Å²) in [5.74, 6) is 0.615. The predicted molar refractivity (Wildman–Crippen MR) is 99.2 cm³/mol. The predicted octanol–water partition coefficient (Wildman–Crippen LogP) is 2.89. The molecule has 2 aromatic rings. The van der Waals surface area contributed by atoms with Gasteiger partial charge in [-0.25, -0.2) is 4.98 Å². The smallest absolute Gasteiger partial charge is 0.223 e. The van der Waals surface area contributed by atoms with E-state index in [0.29, 0.717) is 25.4 Å². The molecular weight excluding hydrogens is 314 g/mol. The molecule has 2 rings (SSSR count). The van der Waals surface area contributed by atoms with E-state index in [-0.39, 0.29) is 12.5 Å². The van der Waals surface area contributed by atoms with Crippen LogP contribution >= 0.6 is 0 Å². The lowest BCUT2D eigenvalue weighted by Gasteiger charge is -2.22. The maximum Gasteiger partial charge on any atom is 0.223 e. The van der Waals surface area contributed by atoms with Crippen LogP contribution in [-0.2, 0) is 24.8 Å². The number of aryl methyl sites for hydroxylation is 2. The number of hydrogen-bond acceptors (Lipinski definition) is 3. The molecule has 0 saturated carbocycles. The minimum absolute atomic E-state index is 0.0275. The van der Waals surface area contributed by atoms with Crippen molar-refractivity contribution in [1.82, 2.24) is 14.5 Å². The maximum absolute atomic E-state index is 12.5. The Kier molecular flexibility index (Phi) is 7.19. The van der Waals surface area contributed by atoms with Crippen LogP contribution in [0.25, 0.3) is 0 Å². The van der Waals surface area contributed by atoms with Crippen LogP contribution in [0.3, 0.4) is 0 Å². The quantitative estimate of drug-likeness (QED) is 0.762. The van der Waals surface area contributed by atoms with Gasteiger partial charge in [-0.2, -0.15) is 0 Å². The van der Waals surface area contributed by atoms with E-state index in [2.05, 4.69) is 43.1 Å². The molecule has 25 heavy (non-hydrogen) atoms. The molecule has 1 amide bonds. The second-order valence-corrected chi connectivity index (χ2v) is 6.78. The number of amides is 1. The first-order chi connectivity index (χ1) is 12.0. The number of rotatable bonds is 9. The van der Waals surface area contributed by atoms with Crippen molar-refractivity contribution < 1.29 is 9.90 Å². The summed E-state index contributed by atoms with van der Waals surface area (Å²) >= 11 is 0. The van der Waals surface area contributed by atoms with Crippen molar-refractivity contribution in [3.63, 3.8) is 0 Å². The van der Waals surface area contributed by atoms with Crippen LogP contribution in [0.4, 0.5) is 0 Å². The Morgan fingerprint density at radius 1 is 1.28 bits per heavy atom. The lowest BCUT2D eigenvalue weighted by atomic mass is 10.00. The monoisotopic (exact) mass is 343 g/mol. The van der Waals surface area contributed by atoms with E-state index in [1.54, 1.807) is 17.4 Å². The summed E-state index contributed by atoms with van der Waals surface area (Å²) in [6.45, 7) is 5.18. The van der Waals surface area contributed by atoms with Crippen molar-refractivity contribution in [1.29, 1.82) is 0 Å². The Morgan fingerprint density at radius 3 is 2.56 bits per heavy atom. The molecule has 0 aliphatic carbocycles. The molecule has 1 aromatic heterocycles. The van der Waals surface area contributed by atoms with Gasteiger partial charge in [0.25, 0.3) is 0 Å². The number of nitrogens with zero attached hydrogens (tertiary/aromatic N) is 3. The van der Waals surface area contributed by atoms with Gasteiger partial charge in [-0.3, -0.25) is 4.79 Å². The Balaban J connectivity index is 1.85. The fraction of sp³-hybridized carbons (Fsp3) is 0.500. The molecular formula is C20H29N3O2. The van der Waals surface area contributed by atoms with Crippen LogP contribution in [0.2, 0.25) is 0 Å². The van der Waals surface area contributed by atoms with Crippen LogP contribution in [0, 0.1) is 0 Å². The largest absolute Gasteiger partial charge is 0.395 e. The minimum Gasteiger partial charge on any atom is -0.395 e. The Hall–Kier alpha value is -2.14. The molecule has 1 heterocycles. The third kappa shape index (κ3) is 5.71. The van der Waals surface area contributed by atoms with Crippen LogP contribution < -0.4 is 0 Å². The lowest BCUT2D eigenvalue weighted by molar-refractivity contribution is -0.132. The van der Waals surface area contributed by atoms with Crippen molar-refractivity contribution >= 4 is 5.91 Å². The zero-order valence-corrected chi connectivity index (χ0v) is 15.5. The summed E-state index contributed by atoms with van der Waals surface area (Å²) in [6.07, 6.45) is 5.67. The number of aliphatic hydroxyl groups is 1. The topological polar surface area (TPSA) is 58.4 Å². The van der Waals surface area contributed by atoms with Crippen molar-refractivity contribution in [2.45, 2.75) is 45.6 Å². The van der Waals surface area contributed by atoms with E-state index in [9.17, 15) is 9.90 Å². The van der Waals surface area contributed by atoms with Crippen LogP contribution in [-0.4, -0.2) is 38.6 Å². The molecule has 1 N–H and O–H groups in total. The first-order valence-electron chi connectivity index (χ1n) is 8.94. The third-order valence-electron chi connectivity index (χ3n) is 4.49. The summed E-state index contributed by atoms with van der Waals surface area (Å²) in [5.41, 5.74) is 3.56. The summed E-state index contributed by atoms with van der Waals surface area (Å²) in [7, 11) is 1.91. The van der Waals surface area contributed by atoms with Gasteiger partial charge in [0.2, 0.25) is 5.91 Å². The minimum atomic E-state index is -0.0275. The number of carbonyl (C=O) groups excluding carboxylic acids is 1. The zero-order valence-electron chi connectivity index (χ0n) is 15.5. The van der Waals surface area contributed by atoms with E-state index in [4.69, 9.17) is 0 Å². The number of benzene rings is 1. The van der Waals surface area contributed by atoms with Gasteiger partial charge >= 0.3 is 0 Å². The highest BCUT2D eigenvalue weighted by atomic mass is 16.3. The summed E-state index contributed by atoms with van der Waals surface area (Å²) in [4.78, 5) is 18.3. The fourth-order valence-corrected chi connectivity index (χ4v) is 2.82. The van der Waals surface area contributed by atoms with Gasteiger partial charge in [-0.15, -0.1) is 0 Å².